The molecule has 0 radical (unpaired) electrons. The van der Waals surface area contributed by atoms with Gasteiger partial charge >= 0.3 is 0 Å². The molecule has 13 heteroatoms. The van der Waals surface area contributed by atoms with E-state index in [4.69, 9.17) is 32.7 Å². The molecule has 1 fully saturated rings. The monoisotopic (exact) mass is 679 g/mol. The van der Waals surface area contributed by atoms with Gasteiger partial charge in [-0.15, -0.1) is 0 Å². The van der Waals surface area contributed by atoms with Crippen LogP contribution in [-0.4, -0.2) is 58.0 Å². The third kappa shape index (κ3) is 8.39. The van der Waals surface area contributed by atoms with E-state index in [-0.39, 0.29) is 39.8 Å². The standard InChI is InChI=1S/C32H36Cl2FN3O6S/c1-21(32(40)36-25-7-5-4-6-8-25)37(19-22-9-10-23(33)17-28(22)34)31(39)20-38(26-13-11-24(35)12-14-26)45(41,42)27-15-16-29(43-2)30(18-27)44-3/h9-18,21,25H,4-8,19-20H2,1-3H3,(H,36,40)/t21-/m1/s1. The highest BCUT2D eigenvalue weighted by molar-refractivity contribution is 7.92. The highest BCUT2D eigenvalue weighted by Crippen LogP contribution is 2.33. The Morgan fingerprint density at radius 3 is 2.24 bits per heavy atom. The van der Waals surface area contributed by atoms with Gasteiger partial charge in [0.1, 0.15) is 18.4 Å². The highest BCUT2D eigenvalue weighted by atomic mass is 35.5. The summed E-state index contributed by atoms with van der Waals surface area (Å²) in [5, 5.41) is 3.73. The lowest BCUT2D eigenvalue weighted by atomic mass is 9.95. The van der Waals surface area contributed by atoms with Crippen LogP contribution >= 0.6 is 23.2 Å². The Morgan fingerprint density at radius 1 is 0.956 bits per heavy atom. The Morgan fingerprint density at radius 2 is 1.62 bits per heavy atom. The van der Waals surface area contributed by atoms with Crippen molar-refractivity contribution in [2.75, 3.05) is 25.1 Å². The van der Waals surface area contributed by atoms with Crippen LogP contribution in [0.25, 0.3) is 0 Å². The van der Waals surface area contributed by atoms with Crippen molar-refractivity contribution in [1.29, 1.82) is 0 Å². The van der Waals surface area contributed by atoms with Crippen molar-refractivity contribution in [2.24, 2.45) is 0 Å². The summed E-state index contributed by atoms with van der Waals surface area (Å²) >= 11 is 12.5. The van der Waals surface area contributed by atoms with E-state index in [1.54, 1.807) is 19.1 Å². The first kappa shape index (κ1) is 34.3. The Labute approximate surface area is 273 Å². The van der Waals surface area contributed by atoms with Crippen LogP contribution in [0.4, 0.5) is 10.1 Å². The molecule has 0 saturated heterocycles. The number of halogens is 3. The van der Waals surface area contributed by atoms with Crippen LogP contribution in [0.1, 0.15) is 44.6 Å². The molecule has 3 aromatic carbocycles. The first-order chi connectivity index (χ1) is 21.4. The zero-order valence-corrected chi connectivity index (χ0v) is 27.6. The second kappa shape index (κ2) is 15.2. The summed E-state index contributed by atoms with van der Waals surface area (Å²) in [4.78, 5) is 28.7. The minimum absolute atomic E-state index is 0.00841. The van der Waals surface area contributed by atoms with Crippen molar-refractivity contribution in [2.45, 2.75) is 62.6 Å². The number of nitrogens with zero attached hydrogens (tertiary/aromatic N) is 2. The summed E-state index contributed by atoms with van der Waals surface area (Å²) in [6.45, 7) is 0.793. The van der Waals surface area contributed by atoms with E-state index in [1.807, 2.05) is 0 Å². The molecule has 3 aromatic rings. The number of amides is 2. The smallest absolute Gasteiger partial charge is 0.264 e. The lowest BCUT2D eigenvalue weighted by molar-refractivity contribution is -0.139. The van der Waals surface area contributed by atoms with Crippen molar-refractivity contribution in [3.8, 4) is 11.5 Å². The minimum atomic E-state index is -4.42. The van der Waals surface area contributed by atoms with Gasteiger partial charge in [-0.25, -0.2) is 12.8 Å². The predicted molar refractivity (Wildman–Crippen MR) is 172 cm³/mol. The molecule has 242 valence electrons. The first-order valence-electron chi connectivity index (χ1n) is 14.5. The number of hydrogen-bond donors (Lipinski definition) is 1. The average Bonchev–Trinajstić information content (AvgIpc) is 3.03. The Hall–Kier alpha value is -3.54. The van der Waals surface area contributed by atoms with Crippen LogP contribution < -0.4 is 19.1 Å². The minimum Gasteiger partial charge on any atom is -0.493 e. The zero-order chi connectivity index (χ0) is 32.7. The average molecular weight is 681 g/mol. The van der Waals surface area contributed by atoms with Gasteiger partial charge in [0, 0.05) is 28.7 Å². The second-order valence-electron chi connectivity index (χ2n) is 10.8. The molecule has 1 aliphatic rings. The summed E-state index contributed by atoms with van der Waals surface area (Å²) in [5.74, 6) is -1.15. The first-order valence-corrected chi connectivity index (χ1v) is 16.7. The lowest BCUT2D eigenvalue weighted by Gasteiger charge is -2.33. The van der Waals surface area contributed by atoms with E-state index in [2.05, 4.69) is 5.32 Å². The number of ether oxygens (including phenoxy) is 2. The van der Waals surface area contributed by atoms with E-state index in [1.165, 1.54) is 55.5 Å². The molecule has 9 nitrogen and oxygen atoms in total. The maximum atomic E-state index is 14.2. The van der Waals surface area contributed by atoms with E-state index in [9.17, 15) is 22.4 Å². The molecule has 4 rings (SSSR count). The number of anilines is 1. The number of rotatable bonds is 12. The maximum absolute atomic E-state index is 14.2. The summed E-state index contributed by atoms with van der Waals surface area (Å²) < 4.78 is 53.5. The van der Waals surface area contributed by atoms with Crippen LogP contribution in [-0.2, 0) is 26.2 Å². The number of carbonyl (C=O) groups is 2. The molecule has 0 aliphatic heterocycles. The van der Waals surface area contributed by atoms with Crippen molar-refractivity contribution in [1.82, 2.24) is 10.2 Å². The van der Waals surface area contributed by atoms with Gasteiger partial charge in [-0.1, -0.05) is 48.5 Å². The van der Waals surface area contributed by atoms with E-state index >= 15 is 0 Å². The fourth-order valence-electron chi connectivity index (χ4n) is 5.23. The second-order valence-corrected chi connectivity index (χ2v) is 13.5. The molecule has 0 unspecified atom stereocenters. The largest absolute Gasteiger partial charge is 0.493 e. The van der Waals surface area contributed by atoms with E-state index in [0.717, 1.165) is 48.5 Å². The SMILES string of the molecule is COc1ccc(S(=O)(=O)N(CC(=O)N(Cc2ccc(Cl)cc2Cl)[C@H](C)C(=O)NC2CCCCC2)c2ccc(F)cc2)cc1OC. The van der Waals surface area contributed by atoms with E-state index in [0.29, 0.717) is 16.3 Å². The number of hydrogen-bond acceptors (Lipinski definition) is 6. The molecule has 1 aliphatic carbocycles. The highest BCUT2D eigenvalue weighted by Gasteiger charge is 2.34. The van der Waals surface area contributed by atoms with Gasteiger partial charge in [-0.3, -0.25) is 13.9 Å². The molecule has 2 amide bonds. The van der Waals surface area contributed by atoms with Gasteiger partial charge in [0.2, 0.25) is 11.8 Å². The number of benzene rings is 3. The van der Waals surface area contributed by atoms with Gasteiger partial charge in [0.15, 0.2) is 11.5 Å². The fourth-order valence-corrected chi connectivity index (χ4v) is 7.12. The Kier molecular flexibility index (Phi) is 11.6. The van der Waals surface area contributed by atoms with Crippen LogP contribution in [0.2, 0.25) is 10.0 Å². The molecular weight excluding hydrogens is 644 g/mol. The molecule has 1 saturated carbocycles. The summed E-state index contributed by atoms with van der Waals surface area (Å²) in [5.41, 5.74) is 0.561. The molecule has 1 atom stereocenters. The molecule has 1 N–H and O–H groups in total. The summed E-state index contributed by atoms with van der Waals surface area (Å²) in [6, 6.07) is 12.6. The molecule has 0 heterocycles. The van der Waals surface area contributed by atoms with Crippen LogP contribution in [0.5, 0.6) is 11.5 Å². The van der Waals surface area contributed by atoms with Gasteiger partial charge in [0.05, 0.1) is 24.8 Å². The van der Waals surface area contributed by atoms with Crippen LogP contribution in [0, 0.1) is 5.82 Å². The quantitative estimate of drug-likeness (QED) is 0.244. The molecule has 0 spiro atoms. The van der Waals surface area contributed by atoms with Gasteiger partial charge in [-0.05, 0) is 73.9 Å². The van der Waals surface area contributed by atoms with Crippen molar-refractivity contribution >= 4 is 50.7 Å². The fraction of sp³-hybridized carbons (Fsp3) is 0.375. The van der Waals surface area contributed by atoms with Crippen molar-refractivity contribution < 1.29 is 31.9 Å². The van der Waals surface area contributed by atoms with Crippen molar-refractivity contribution in [3.63, 3.8) is 0 Å². The normalized spacial score (nSPS) is 14.4. The molecule has 45 heavy (non-hydrogen) atoms. The zero-order valence-electron chi connectivity index (χ0n) is 25.3. The van der Waals surface area contributed by atoms with Crippen molar-refractivity contribution in [3.05, 3.63) is 82.1 Å². The van der Waals surface area contributed by atoms with Gasteiger partial charge in [-0.2, -0.15) is 0 Å². The molecule has 0 bridgehead atoms. The van der Waals surface area contributed by atoms with Crippen LogP contribution in [0.15, 0.2) is 65.6 Å². The predicted octanol–water partition coefficient (Wildman–Crippen LogP) is 6.21. The lowest BCUT2D eigenvalue weighted by Crippen LogP contribution is -2.53. The summed E-state index contributed by atoms with van der Waals surface area (Å²) in [7, 11) is -1.64. The van der Waals surface area contributed by atoms with E-state index < -0.39 is 34.3 Å². The molecular formula is C32H36Cl2FN3O6S. The Bertz CT molecular complexity index is 1620. The number of carbonyl (C=O) groups excluding carboxylic acids is 2. The van der Waals surface area contributed by atoms with Crippen LogP contribution in [0.3, 0.4) is 0 Å². The summed E-state index contributed by atoms with van der Waals surface area (Å²) in [6.07, 6.45) is 4.80. The topological polar surface area (TPSA) is 105 Å². The number of sulfonamides is 1. The molecule has 0 aromatic heterocycles. The van der Waals surface area contributed by atoms with Gasteiger partial charge in [0.25, 0.3) is 10.0 Å². The third-order valence-corrected chi connectivity index (χ3v) is 10.2. The number of methoxy groups -OCH3 is 2. The maximum Gasteiger partial charge on any atom is 0.264 e. The Balaban J connectivity index is 1.72. The van der Waals surface area contributed by atoms with Gasteiger partial charge < -0.3 is 19.7 Å². The third-order valence-electron chi connectivity index (χ3n) is 7.81. The number of nitrogens with one attached hydrogen (secondary N) is 1.